The second-order valence-electron chi connectivity index (χ2n) is 6.67. The Morgan fingerprint density at radius 1 is 0.842 bits per heavy atom. The molecule has 2 atom stereocenters. The molecule has 0 aromatic carbocycles. The summed E-state index contributed by atoms with van der Waals surface area (Å²) in [5.41, 5.74) is 0.866. The lowest BCUT2D eigenvalue weighted by Gasteiger charge is -2.31. The Morgan fingerprint density at radius 3 is 1.84 bits per heavy atom. The lowest BCUT2D eigenvalue weighted by molar-refractivity contribution is 0.0655. The molecule has 2 heteroatoms. The van der Waals surface area contributed by atoms with Gasteiger partial charge in [0.25, 0.3) is 0 Å². The van der Waals surface area contributed by atoms with Crippen molar-refractivity contribution in [3.05, 3.63) is 12.2 Å². The molecule has 0 aromatic heterocycles. The van der Waals surface area contributed by atoms with E-state index < -0.39 is 6.10 Å². The number of hydrogen-bond donors (Lipinski definition) is 2. The van der Waals surface area contributed by atoms with Crippen LogP contribution in [0.5, 0.6) is 0 Å². The Hall–Kier alpha value is -0.340. The van der Waals surface area contributed by atoms with Crippen LogP contribution in [0, 0.1) is 11.8 Å². The summed E-state index contributed by atoms with van der Waals surface area (Å²) in [6.45, 7) is 4.05. The van der Waals surface area contributed by atoms with Gasteiger partial charge >= 0.3 is 0 Å². The van der Waals surface area contributed by atoms with Crippen LogP contribution in [-0.4, -0.2) is 22.4 Å². The first-order valence-corrected chi connectivity index (χ1v) is 8.22. The molecule has 0 spiro atoms. The first kappa shape index (κ1) is 15.1. The van der Waals surface area contributed by atoms with E-state index in [0.717, 1.165) is 31.3 Å². The van der Waals surface area contributed by atoms with Crippen LogP contribution in [0.25, 0.3) is 0 Å². The van der Waals surface area contributed by atoms with Gasteiger partial charge in [0, 0.05) is 0 Å². The van der Waals surface area contributed by atoms with Crippen LogP contribution in [0.4, 0.5) is 0 Å². The molecule has 2 N–H and O–H groups in total. The third kappa shape index (κ3) is 4.32. The molecule has 0 bridgehead atoms. The summed E-state index contributed by atoms with van der Waals surface area (Å²) in [5, 5.41) is 20.7. The molecule has 0 radical (unpaired) electrons. The van der Waals surface area contributed by atoms with Crippen molar-refractivity contribution in [3.63, 3.8) is 0 Å². The molecule has 2 aliphatic rings. The number of rotatable bonds is 5. The van der Waals surface area contributed by atoms with Crippen LogP contribution >= 0.6 is 0 Å². The van der Waals surface area contributed by atoms with Gasteiger partial charge < -0.3 is 10.2 Å². The number of aliphatic hydroxyl groups is 2. The highest BCUT2D eigenvalue weighted by Gasteiger charge is 2.27. The van der Waals surface area contributed by atoms with Crippen LogP contribution in [0.2, 0.25) is 0 Å². The molecule has 0 aromatic rings. The molecule has 2 aliphatic carbocycles. The van der Waals surface area contributed by atoms with E-state index in [9.17, 15) is 10.2 Å². The number of hydrogen-bond acceptors (Lipinski definition) is 2. The molecule has 0 amide bonds. The molecule has 0 unspecified atom stereocenters. The van der Waals surface area contributed by atoms with Gasteiger partial charge in [-0.05, 0) is 49.5 Å². The van der Waals surface area contributed by atoms with E-state index in [1.807, 2.05) is 0 Å². The Kier molecular flexibility index (Phi) is 5.90. The van der Waals surface area contributed by atoms with Gasteiger partial charge in [0.2, 0.25) is 0 Å². The topological polar surface area (TPSA) is 40.5 Å². The zero-order valence-electron chi connectivity index (χ0n) is 12.2. The summed E-state index contributed by atoms with van der Waals surface area (Å²) in [6.07, 6.45) is 12.1. The molecule has 0 saturated heterocycles. The van der Waals surface area contributed by atoms with Crippen LogP contribution in [-0.2, 0) is 0 Å². The van der Waals surface area contributed by atoms with Gasteiger partial charge in [0.15, 0.2) is 0 Å². The van der Waals surface area contributed by atoms with Gasteiger partial charge in [-0.25, -0.2) is 0 Å². The van der Waals surface area contributed by atoms with Crippen LogP contribution in [0.3, 0.4) is 0 Å². The standard InChI is InChI=1S/C17H30O2/c1-13(17(19)15-10-6-3-7-11-15)12-16(18)14-8-4-2-5-9-14/h14-19H,1-12H2/t16-,17+/m1/s1. The van der Waals surface area contributed by atoms with Crippen molar-refractivity contribution < 1.29 is 10.2 Å². The average Bonchev–Trinajstić information content (AvgIpc) is 2.48. The van der Waals surface area contributed by atoms with Gasteiger partial charge in [-0.15, -0.1) is 0 Å². The van der Waals surface area contributed by atoms with Gasteiger partial charge in [-0.3, -0.25) is 0 Å². The number of aliphatic hydroxyl groups excluding tert-OH is 2. The minimum Gasteiger partial charge on any atom is -0.393 e. The maximum absolute atomic E-state index is 10.4. The predicted molar refractivity (Wildman–Crippen MR) is 78.9 cm³/mol. The normalized spacial score (nSPS) is 26.0. The SMILES string of the molecule is C=C(C[C@@H](O)C1CCCCC1)[C@H](O)C1CCCCC1. The zero-order chi connectivity index (χ0) is 13.7. The fourth-order valence-electron chi connectivity index (χ4n) is 3.86. The summed E-state index contributed by atoms with van der Waals surface area (Å²) in [6, 6.07) is 0. The fourth-order valence-corrected chi connectivity index (χ4v) is 3.86. The highest BCUT2D eigenvalue weighted by Crippen LogP contribution is 2.33. The first-order chi connectivity index (χ1) is 9.18. The Balaban J connectivity index is 1.78. The fraction of sp³-hybridized carbons (Fsp3) is 0.882. The summed E-state index contributed by atoms with van der Waals surface area (Å²) >= 11 is 0. The van der Waals surface area contributed by atoms with Crippen LogP contribution < -0.4 is 0 Å². The summed E-state index contributed by atoms with van der Waals surface area (Å²) in [5.74, 6) is 0.823. The Bertz CT molecular complexity index is 275. The Labute approximate surface area is 117 Å². The van der Waals surface area contributed by atoms with Gasteiger partial charge in [0.05, 0.1) is 12.2 Å². The van der Waals surface area contributed by atoms with E-state index in [2.05, 4.69) is 6.58 Å². The third-order valence-corrected chi connectivity index (χ3v) is 5.18. The van der Waals surface area contributed by atoms with Crippen molar-refractivity contribution in [1.82, 2.24) is 0 Å². The second kappa shape index (κ2) is 7.44. The molecule has 0 heterocycles. The van der Waals surface area contributed by atoms with E-state index in [0.29, 0.717) is 18.3 Å². The molecule has 2 fully saturated rings. The van der Waals surface area contributed by atoms with Crippen molar-refractivity contribution in [2.75, 3.05) is 0 Å². The maximum atomic E-state index is 10.4. The van der Waals surface area contributed by atoms with E-state index >= 15 is 0 Å². The maximum Gasteiger partial charge on any atom is 0.0776 e. The average molecular weight is 266 g/mol. The first-order valence-electron chi connectivity index (χ1n) is 8.22. The summed E-state index contributed by atoms with van der Waals surface area (Å²) in [7, 11) is 0. The predicted octanol–water partition coefficient (Wildman–Crippen LogP) is 3.82. The van der Waals surface area contributed by atoms with E-state index in [1.165, 1.54) is 38.5 Å². The van der Waals surface area contributed by atoms with Crippen LogP contribution in [0.15, 0.2) is 12.2 Å². The lowest BCUT2D eigenvalue weighted by Crippen LogP contribution is -2.29. The Morgan fingerprint density at radius 2 is 1.32 bits per heavy atom. The van der Waals surface area contributed by atoms with Crippen molar-refractivity contribution >= 4 is 0 Å². The molecule has 19 heavy (non-hydrogen) atoms. The molecule has 110 valence electrons. The lowest BCUT2D eigenvalue weighted by atomic mass is 9.79. The van der Waals surface area contributed by atoms with Crippen molar-refractivity contribution in [2.45, 2.75) is 82.8 Å². The second-order valence-corrected chi connectivity index (χ2v) is 6.67. The minimum atomic E-state index is -0.390. The van der Waals surface area contributed by atoms with E-state index in [1.54, 1.807) is 0 Å². The van der Waals surface area contributed by atoms with Crippen LogP contribution in [0.1, 0.15) is 70.6 Å². The molecular weight excluding hydrogens is 236 g/mol. The van der Waals surface area contributed by atoms with E-state index in [-0.39, 0.29) is 6.10 Å². The highest BCUT2D eigenvalue weighted by atomic mass is 16.3. The largest absolute Gasteiger partial charge is 0.393 e. The molecule has 0 aliphatic heterocycles. The van der Waals surface area contributed by atoms with Gasteiger partial charge in [-0.1, -0.05) is 45.1 Å². The third-order valence-electron chi connectivity index (χ3n) is 5.18. The minimum absolute atomic E-state index is 0.286. The van der Waals surface area contributed by atoms with Gasteiger partial charge in [0.1, 0.15) is 0 Å². The van der Waals surface area contributed by atoms with Crippen molar-refractivity contribution in [3.8, 4) is 0 Å². The smallest absolute Gasteiger partial charge is 0.0776 e. The summed E-state index contributed by atoms with van der Waals surface area (Å²) < 4.78 is 0. The van der Waals surface area contributed by atoms with Crippen molar-refractivity contribution in [2.24, 2.45) is 11.8 Å². The zero-order valence-corrected chi connectivity index (χ0v) is 12.2. The molecule has 2 rings (SSSR count). The highest BCUT2D eigenvalue weighted by molar-refractivity contribution is 5.06. The molecule has 2 nitrogen and oxygen atoms in total. The quantitative estimate of drug-likeness (QED) is 0.743. The summed E-state index contributed by atoms with van der Waals surface area (Å²) in [4.78, 5) is 0. The molecule has 2 saturated carbocycles. The van der Waals surface area contributed by atoms with Gasteiger partial charge in [-0.2, -0.15) is 0 Å². The monoisotopic (exact) mass is 266 g/mol. The van der Waals surface area contributed by atoms with E-state index in [4.69, 9.17) is 0 Å². The molecular formula is C17H30O2. The van der Waals surface area contributed by atoms with Crippen molar-refractivity contribution in [1.29, 1.82) is 0 Å².